The lowest BCUT2D eigenvalue weighted by molar-refractivity contribution is -0.142. The van der Waals surface area contributed by atoms with Crippen LogP contribution in [0.1, 0.15) is 18.6 Å². The van der Waals surface area contributed by atoms with Crippen LogP contribution < -0.4 is 10.6 Å². The number of thiocarbonyl (C=S) groups is 1. The number of carbonyl (C=O) groups is 1. The van der Waals surface area contributed by atoms with Crippen molar-refractivity contribution < 1.29 is 15.0 Å². The molecular weight excluding hydrogens is 252 g/mol. The summed E-state index contributed by atoms with van der Waals surface area (Å²) in [6.07, 6.45) is -1.17. The lowest BCUT2D eigenvalue weighted by Gasteiger charge is -2.22. The van der Waals surface area contributed by atoms with Crippen molar-refractivity contribution in [1.29, 1.82) is 0 Å². The van der Waals surface area contributed by atoms with Gasteiger partial charge in [-0.3, -0.25) is 0 Å². The van der Waals surface area contributed by atoms with Gasteiger partial charge in [0.05, 0.1) is 0 Å². The fraction of sp³-hybridized carbons (Fsp3) is 0.333. The second-order valence-corrected chi connectivity index (χ2v) is 4.08. The van der Waals surface area contributed by atoms with Crippen LogP contribution in [-0.4, -0.2) is 33.9 Å². The number of hydrogen-bond donors (Lipinski definition) is 4. The van der Waals surface area contributed by atoms with Crippen LogP contribution >= 0.6 is 12.2 Å². The van der Waals surface area contributed by atoms with Gasteiger partial charge in [0.2, 0.25) is 0 Å². The van der Waals surface area contributed by atoms with Crippen molar-refractivity contribution in [3.8, 4) is 0 Å². The first-order valence-corrected chi connectivity index (χ1v) is 5.97. The van der Waals surface area contributed by atoms with Crippen molar-refractivity contribution in [3.05, 3.63) is 35.9 Å². The quantitative estimate of drug-likeness (QED) is 0.587. The third kappa shape index (κ3) is 3.97. The molecule has 0 radical (unpaired) electrons. The number of carboxylic acid groups (broad SMARTS) is 1. The van der Waals surface area contributed by atoms with Gasteiger partial charge in [-0.1, -0.05) is 30.3 Å². The fourth-order valence-electron chi connectivity index (χ4n) is 1.47. The number of rotatable bonds is 5. The number of hydrogen-bond acceptors (Lipinski definition) is 3. The Labute approximate surface area is 111 Å². The topological polar surface area (TPSA) is 81.6 Å². The van der Waals surface area contributed by atoms with E-state index < -0.39 is 18.1 Å². The molecule has 0 aliphatic carbocycles. The summed E-state index contributed by atoms with van der Waals surface area (Å²) in [5, 5.41) is 24.7. The summed E-state index contributed by atoms with van der Waals surface area (Å²) < 4.78 is 0. The molecule has 0 spiro atoms. The summed E-state index contributed by atoms with van der Waals surface area (Å²) in [6, 6.07) is 7.42. The summed E-state index contributed by atoms with van der Waals surface area (Å²) in [7, 11) is 0. The van der Waals surface area contributed by atoms with E-state index in [2.05, 4.69) is 10.6 Å². The zero-order valence-corrected chi connectivity index (χ0v) is 10.8. The summed E-state index contributed by atoms with van der Waals surface area (Å²) in [5.74, 6) is -1.16. The monoisotopic (exact) mass is 268 g/mol. The predicted octanol–water partition coefficient (Wildman–Crippen LogP) is 0.657. The van der Waals surface area contributed by atoms with Crippen LogP contribution in [0.2, 0.25) is 0 Å². The van der Waals surface area contributed by atoms with Crippen molar-refractivity contribution in [3.63, 3.8) is 0 Å². The van der Waals surface area contributed by atoms with E-state index in [0.29, 0.717) is 12.1 Å². The van der Waals surface area contributed by atoms with Gasteiger partial charge in [-0.2, -0.15) is 0 Å². The zero-order chi connectivity index (χ0) is 13.5. The van der Waals surface area contributed by atoms with E-state index in [4.69, 9.17) is 17.3 Å². The average Bonchev–Trinajstić information content (AvgIpc) is 2.36. The van der Waals surface area contributed by atoms with E-state index in [1.54, 1.807) is 30.3 Å². The maximum atomic E-state index is 11.1. The average molecular weight is 268 g/mol. The number of aliphatic hydroxyl groups excluding tert-OH is 1. The van der Waals surface area contributed by atoms with Crippen molar-refractivity contribution in [2.75, 3.05) is 6.54 Å². The number of nitrogens with one attached hydrogen (secondary N) is 2. The minimum absolute atomic E-state index is 0.208. The van der Waals surface area contributed by atoms with Crippen LogP contribution in [0, 0.1) is 0 Å². The Bertz CT molecular complexity index is 411. The first kappa shape index (κ1) is 14.4. The smallest absolute Gasteiger partial charge is 0.329 e. The molecule has 0 aliphatic heterocycles. The number of aliphatic carboxylic acids is 1. The van der Waals surface area contributed by atoms with Crippen LogP contribution in [0.25, 0.3) is 0 Å². The molecule has 0 aliphatic rings. The molecule has 0 heterocycles. The third-order valence-corrected chi connectivity index (χ3v) is 2.61. The van der Waals surface area contributed by atoms with E-state index in [1.165, 1.54) is 0 Å². The summed E-state index contributed by atoms with van der Waals surface area (Å²) in [5.41, 5.74) is 0.525. The van der Waals surface area contributed by atoms with E-state index >= 15 is 0 Å². The zero-order valence-electron chi connectivity index (χ0n) is 9.96. The molecule has 2 atom stereocenters. The van der Waals surface area contributed by atoms with E-state index in [-0.39, 0.29) is 5.11 Å². The normalized spacial score (nSPS) is 13.4. The van der Waals surface area contributed by atoms with Crippen LogP contribution in [-0.2, 0) is 4.79 Å². The molecule has 0 fully saturated rings. The Morgan fingerprint density at radius 2 is 2.00 bits per heavy atom. The number of carboxylic acids is 1. The van der Waals surface area contributed by atoms with Gasteiger partial charge < -0.3 is 20.8 Å². The molecule has 98 valence electrons. The van der Waals surface area contributed by atoms with Crippen LogP contribution in [0.15, 0.2) is 30.3 Å². The van der Waals surface area contributed by atoms with Crippen LogP contribution in [0.4, 0.5) is 0 Å². The predicted molar refractivity (Wildman–Crippen MR) is 72.2 cm³/mol. The highest BCUT2D eigenvalue weighted by molar-refractivity contribution is 7.80. The Morgan fingerprint density at radius 1 is 1.39 bits per heavy atom. The van der Waals surface area contributed by atoms with E-state index in [0.717, 1.165) is 0 Å². The maximum Gasteiger partial charge on any atom is 0.329 e. The Morgan fingerprint density at radius 3 is 2.50 bits per heavy atom. The lowest BCUT2D eigenvalue weighted by atomic mass is 10.0. The molecule has 0 bridgehead atoms. The molecule has 1 rings (SSSR count). The molecule has 0 aromatic heterocycles. The van der Waals surface area contributed by atoms with E-state index in [9.17, 15) is 9.90 Å². The van der Waals surface area contributed by atoms with Crippen molar-refractivity contribution in [2.24, 2.45) is 0 Å². The molecule has 18 heavy (non-hydrogen) atoms. The molecule has 2 unspecified atom stereocenters. The van der Waals surface area contributed by atoms with Gasteiger partial charge in [0.1, 0.15) is 6.10 Å². The summed E-state index contributed by atoms with van der Waals surface area (Å²) in [6.45, 7) is 2.43. The molecule has 5 nitrogen and oxygen atoms in total. The largest absolute Gasteiger partial charge is 0.480 e. The second kappa shape index (κ2) is 6.93. The van der Waals surface area contributed by atoms with Crippen LogP contribution in [0.5, 0.6) is 0 Å². The van der Waals surface area contributed by atoms with Gasteiger partial charge in [-0.25, -0.2) is 4.79 Å². The summed E-state index contributed by atoms with van der Waals surface area (Å²) in [4.78, 5) is 11.1. The fourth-order valence-corrected chi connectivity index (χ4v) is 1.74. The minimum Gasteiger partial charge on any atom is -0.480 e. The van der Waals surface area contributed by atoms with Gasteiger partial charge >= 0.3 is 5.97 Å². The summed E-state index contributed by atoms with van der Waals surface area (Å²) >= 11 is 4.92. The lowest BCUT2D eigenvalue weighted by Crippen LogP contribution is -2.48. The molecule has 0 saturated carbocycles. The van der Waals surface area contributed by atoms with Gasteiger partial charge in [0, 0.05) is 6.54 Å². The highest BCUT2D eigenvalue weighted by Crippen LogP contribution is 2.16. The highest BCUT2D eigenvalue weighted by Gasteiger charge is 2.28. The molecule has 0 amide bonds. The highest BCUT2D eigenvalue weighted by atomic mass is 32.1. The van der Waals surface area contributed by atoms with Gasteiger partial charge in [0.15, 0.2) is 11.2 Å². The minimum atomic E-state index is -1.18. The van der Waals surface area contributed by atoms with Crippen molar-refractivity contribution in [2.45, 2.75) is 19.1 Å². The van der Waals surface area contributed by atoms with Crippen molar-refractivity contribution in [1.82, 2.24) is 10.6 Å². The standard InChI is InChI=1S/C12H16N2O3S/c1-2-13-12(18)14-9(11(16)17)10(15)8-6-4-3-5-7-8/h3-7,9-10,15H,2H2,1H3,(H,16,17)(H2,13,14,18). The number of benzene rings is 1. The number of aliphatic hydroxyl groups is 1. The van der Waals surface area contributed by atoms with Gasteiger partial charge in [-0.15, -0.1) is 0 Å². The Balaban J connectivity index is 2.79. The Hall–Kier alpha value is -1.66. The third-order valence-electron chi connectivity index (χ3n) is 2.35. The molecule has 4 N–H and O–H groups in total. The Kier molecular flexibility index (Phi) is 5.54. The molecule has 1 aromatic rings. The van der Waals surface area contributed by atoms with Crippen molar-refractivity contribution >= 4 is 23.3 Å². The first-order chi connectivity index (χ1) is 8.56. The van der Waals surface area contributed by atoms with E-state index in [1.807, 2.05) is 6.92 Å². The van der Waals surface area contributed by atoms with Crippen LogP contribution in [0.3, 0.4) is 0 Å². The molecule has 1 aromatic carbocycles. The second-order valence-electron chi connectivity index (χ2n) is 3.68. The molecule has 6 heteroatoms. The van der Waals surface area contributed by atoms with Gasteiger partial charge in [-0.05, 0) is 24.7 Å². The van der Waals surface area contributed by atoms with Gasteiger partial charge in [0.25, 0.3) is 0 Å². The maximum absolute atomic E-state index is 11.1. The SMILES string of the molecule is CCNC(=S)NC(C(=O)O)C(O)c1ccccc1. The first-order valence-electron chi connectivity index (χ1n) is 5.56. The molecular formula is C12H16N2O3S. The molecule has 0 saturated heterocycles.